The van der Waals surface area contributed by atoms with Crippen LogP contribution >= 0.6 is 0 Å². The topological polar surface area (TPSA) is 60.0 Å². The van der Waals surface area contributed by atoms with E-state index >= 15 is 0 Å². The zero-order valence-electron chi connectivity index (χ0n) is 12.7. The second-order valence-corrected chi connectivity index (χ2v) is 4.94. The van der Waals surface area contributed by atoms with E-state index in [0.29, 0.717) is 25.4 Å². The molecule has 1 N–H and O–H groups in total. The average molecular weight is 294 g/mol. The number of rotatable bonds is 5. The van der Waals surface area contributed by atoms with Gasteiger partial charge in [0.25, 0.3) is 5.91 Å². The quantitative estimate of drug-likeness (QED) is 0.864. The smallest absolute Gasteiger partial charge is 0.253 e. The molecule has 0 bridgehead atoms. The van der Waals surface area contributed by atoms with Gasteiger partial charge in [0.15, 0.2) is 0 Å². The molecule has 0 radical (unpaired) electrons. The maximum atomic E-state index is 12.3. The first-order valence-corrected chi connectivity index (χ1v) is 6.94. The van der Waals surface area contributed by atoms with Gasteiger partial charge < -0.3 is 24.4 Å². The van der Waals surface area contributed by atoms with Crippen LogP contribution in [0.4, 0.5) is 0 Å². The van der Waals surface area contributed by atoms with E-state index in [2.05, 4.69) is 5.32 Å². The number of carbonyl (C=O) groups is 1. The van der Waals surface area contributed by atoms with Crippen LogP contribution < -0.4 is 14.8 Å². The Balaban J connectivity index is 2.04. The van der Waals surface area contributed by atoms with Crippen LogP contribution in [0.1, 0.15) is 5.56 Å². The van der Waals surface area contributed by atoms with Crippen LogP contribution in [0.3, 0.4) is 0 Å². The highest BCUT2D eigenvalue weighted by atomic mass is 16.5. The van der Waals surface area contributed by atoms with Crippen molar-refractivity contribution >= 4 is 5.91 Å². The van der Waals surface area contributed by atoms with Gasteiger partial charge in [0, 0.05) is 38.3 Å². The van der Waals surface area contributed by atoms with Crippen LogP contribution in [0.15, 0.2) is 18.2 Å². The van der Waals surface area contributed by atoms with Crippen LogP contribution in [-0.2, 0) is 16.1 Å². The van der Waals surface area contributed by atoms with Gasteiger partial charge in [-0.15, -0.1) is 0 Å². The van der Waals surface area contributed by atoms with Crippen molar-refractivity contribution in [2.45, 2.75) is 12.6 Å². The van der Waals surface area contributed by atoms with Crippen molar-refractivity contribution in [1.82, 2.24) is 10.2 Å². The summed E-state index contributed by atoms with van der Waals surface area (Å²) in [5.41, 5.74) is 0.929. The molecule has 1 saturated heterocycles. The van der Waals surface area contributed by atoms with Crippen molar-refractivity contribution in [2.75, 3.05) is 41.0 Å². The lowest BCUT2D eigenvalue weighted by Gasteiger charge is -2.27. The van der Waals surface area contributed by atoms with Gasteiger partial charge in [0.2, 0.25) is 0 Å². The number of benzene rings is 1. The number of carbonyl (C=O) groups excluding carboxylic acids is 1. The predicted molar refractivity (Wildman–Crippen MR) is 78.6 cm³/mol. The largest absolute Gasteiger partial charge is 0.497 e. The molecule has 6 nitrogen and oxygen atoms in total. The van der Waals surface area contributed by atoms with Gasteiger partial charge in [-0.3, -0.25) is 4.79 Å². The highest BCUT2D eigenvalue weighted by molar-refractivity contribution is 5.81. The Morgan fingerprint density at radius 2 is 2.24 bits per heavy atom. The summed E-state index contributed by atoms with van der Waals surface area (Å²) >= 11 is 0. The molecule has 1 heterocycles. The maximum Gasteiger partial charge on any atom is 0.253 e. The summed E-state index contributed by atoms with van der Waals surface area (Å²) in [5, 5.41) is 3.16. The minimum Gasteiger partial charge on any atom is -0.497 e. The maximum absolute atomic E-state index is 12.3. The van der Waals surface area contributed by atoms with E-state index in [9.17, 15) is 4.79 Å². The summed E-state index contributed by atoms with van der Waals surface area (Å²) in [5.74, 6) is 1.40. The summed E-state index contributed by atoms with van der Waals surface area (Å²) in [4.78, 5) is 14.0. The fourth-order valence-electron chi connectivity index (χ4n) is 2.29. The third-order valence-corrected chi connectivity index (χ3v) is 3.48. The van der Waals surface area contributed by atoms with E-state index in [1.807, 2.05) is 18.2 Å². The number of likely N-dealkylation sites (N-methyl/N-ethyl adjacent to an activating group) is 1. The first kappa shape index (κ1) is 15.6. The summed E-state index contributed by atoms with van der Waals surface area (Å²) in [6, 6.07) is 5.57. The Hall–Kier alpha value is -1.79. The van der Waals surface area contributed by atoms with Crippen molar-refractivity contribution in [2.24, 2.45) is 0 Å². The molecule has 116 valence electrons. The van der Waals surface area contributed by atoms with Crippen LogP contribution in [0, 0.1) is 0 Å². The third-order valence-electron chi connectivity index (χ3n) is 3.48. The summed E-state index contributed by atoms with van der Waals surface area (Å²) in [6.45, 7) is 2.38. The molecule has 0 aromatic heterocycles. The Kier molecular flexibility index (Phi) is 5.41. The molecule has 1 aliphatic rings. The molecular weight excluding hydrogens is 272 g/mol. The molecule has 1 aromatic carbocycles. The van der Waals surface area contributed by atoms with E-state index in [4.69, 9.17) is 14.2 Å². The highest BCUT2D eigenvalue weighted by Gasteiger charge is 2.25. The summed E-state index contributed by atoms with van der Waals surface area (Å²) in [7, 11) is 4.98. The number of hydrogen-bond donors (Lipinski definition) is 1. The molecule has 0 saturated carbocycles. The summed E-state index contributed by atoms with van der Waals surface area (Å²) in [6.07, 6.45) is -0.409. The van der Waals surface area contributed by atoms with Gasteiger partial charge in [-0.2, -0.15) is 0 Å². The Morgan fingerprint density at radius 3 is 2.86 bits per heavy atom. The van der Waals surface area contributed by atoms with E-state index in [1.165, 1.54) is 0 Å². The van der Waals surface area contributed by atoms with Crippen LogP contribution in [0.2, 0.25) is 0 Å². The number of methoxy groups -OCH3 is 2. The molecule has 6 heteroatoms. The lowest BCUT2D eigenvalue weighted by Crippen LogP contribution is -2.48. The van der Waals surface area contributed by atoms with Crippen molar-refractivity contribution in [1.29, 1.82) is 0 Å². The van der Waals surface area contributed by atoms with Crippen molar-refractivity contribution in [3.05, 3.63) is 23.8 Å². The number of ether oxygens (including phenoxy) is 3. The van der Waals surface area contributed by atoms with Gasteiger partial charge in [0.1, 0.15) is 17.6 Å². The Labute approximate surface area is 125 Å². The lowest BCUT2D eigenvalue weighted by atomic mass is 10.1. The molecule has 1 unspecified atom stereocenters. The number of nitrogens with one attached hydrogen (secondary N) is 1. The molecule has 0 aliphatic carbocycles. The van der Waals surface area contributed by atoms with Crippen LogP contribution in [0.25, 0.3) is 0 Å². The zero-order chi connectivity index (χ0) is 15.2. The van der Waals surface area contributed by atoms with Gasteiger partial charge in [-0.05, 0) is 12.1 Å². The minimum absolute atomic E-state index is 0.0277. The molecule has 2 rings (SSSR count). The second-order valence-electron chi connectivity index (χ2n) is 4.94. The fraction of sp³-hybridized carbons (Fsp3) is 0.533. The average Bonchev–Trinajstić information content (AvgIpc) is 2.55. The van der Waals surface area contributed by atoms with Crippen LogP contribution in [0.5, 0.6) is 11.5 Å². The second kappa shape index (κ2) is 7.28. The van der Waals surface area contributed by atoms with Crippen LogP contribution in [-0.4, -0.2) is 57.9 Å². The van der Waals surface area contributed by atoms with E-state index in [0.717, 1.165) is 17.9 Å². The molecule has 0 spiro atoms. The Morgan fingerprint density at radius 1 is 1.43 bits per heavy atom. The van der Waals surface area contributed by atoms with Gasteiger partial charge in [-0.1, -0.05) is 0 Å². The minimum atomic E-state index is -0.409. The Bertz CT molecular complexity index is 487. The lowest BCUT2D eigenvalue weighted by molar-refractivity contribution is -0.144. The number of amides is 1. The zero-order valence-corrected chi connectivity index (χ0v) is 12.7. The highest BCUT2D eigenvalue weighted by Crippen LogP contribution is 2.25. The van der Waals surface area contributed by atoms with E-state index < -0.39 is 6.10 Å². The van der Waals surface area contributed by atoms with Crippen molar-refractivity contribution in [3.8, 4) is 11.5 Å². The van der Waals surface area contributed by atoms with Gasteiger partial charge in [-0.25, -0.2) is 0 Å². The number of hydrogen-bond acceptors (Lipinski definition) is 5. The monoisotopic (exact) mass is 294 g/mol. The molecular formula is C15H22N2O4. The van der Waals surface area contributed by atoms with E-state index in [1.54, 1.807) is 26.2 Å². The third kappa shape index (κ3) is 3.86. The first-order valence-electron chi connectivity index (χ1n) is 6.94. The fourth-order valence-corrected chi connectivity index (χ4v) is 2.29. The predicted octanol–water partition coefficient (Wildman–Crippen LogP) is 0.651. The number of morpholine rings is 1. The van der Waals surface area contributed by atoms with Gasteiger partial charge in [0.05, 0.1) is 20.8 Å². The molecule has 1 aliphatic heterocycles. The normalized spacial score (nSPS) is 18.1. The molecule has 21 heavy (non-hydrogen) atoms. The molecule has 1 atom stereocenters. The van der Waals surface area contributed by atoms with E-state index in [-0.39, 0.29) is 5.91 Å². The SMILES string of the molecule is COc1ccc(CN(C)C(=O)C2CNCCO2)c(OC)c1. The number of nitrogens with zero attached hydrogens (tertiary/aromatic N) is 1. The standard InChI is InChI=1S/C15H22N2O4/c1-17(15(18)14-9-16-6-7-21-14)10-11-4-5-12(19-2)8-13(11)20-3/h4-5,8,14,16H,6-7,9-10H2,1-3H3. The summed E-state index contributed by atoms with van der Waals surface area (Å²) < 4.78 is 16.0. The molecule has 1 aromatic rings. The van der Waals surface area contributed by atoms with Crippen molar-refractivity contribution < 1.29 is 19.0 Å². The van der Waals surface area contributed by atoms with Gasteiger partial charge >= 0.3 is 0 Å². The first-order chi connectivity index (χ1) is 10.2. The van der Waals surface area contributed by atoms with Crippen molar-refractivity contribution in [3.63, 3.8) is 0 Å². The molecule has 1 amide bonds. The molecule has 1 fully saturated rings.